The minimum Gasteiger partial charge on any atom is -0.443 e. The average molecular weight is 637 g/mol. The molecule has 1 fully saturated rings. The molecular formula is C25H29F4IN4O3. The summed E-state index contributed by atoms with van der Waals surface area (Å²) < 4.78 is 67.7. The molecule has 3 rings (SSSR count). The molecule has 0 saturated carbocycles. The van der Waals surface area contributed by atoms with Gasteiger partial charge >= 0.3 is 12.3 Å². The van der Waals surface area contributed by atoms with E-state index in [0.717, 1.165) is 6.07 Å². The van der Waals surface area contributed by atoms with Crippen LogP contribution >= 0.6 is 22.6 Å². The Morgan fingerprint density at radius 3 is 2.27 bits per heavy atom. The number of nitrogens with one attached hydrogen (secondary N) is 2. The SMILES string of the molecule is [2H]C(F)c1ccc(C(=O)Nc2ccc(CN3CCN(NC(=O)OC(C)(C)C)CC3)c(C(F)(F)F)c2)cc1I. The maximum Gasteiger partial charge on any atom is 0.422 e. The number of ether oxygens (including phenoxy) is 1. The third-order valence-corrected chi connectivity index (χ3v) is 6.40. The molecule has 1 unspecified atom stereocenters. The third kappa shape index (κ3) is 8.54. The minimum absolute atomic E-state index is 0.0274. The van der Waals surface area contributed by atoms with Crippen LogP contribution in [0.3, 0.4) is 0 Å². The van der Waals surface area contributed by atoms with Crippen molar-refractivity contribution >= 4 is 40.3 Å². The van der Waals surface area contributed by atoms with E-state index in [2.05, 4.69) is 10.7 Å². The van der Waals surface area contributed by atoms with Gasteiger partial charge in [0.1, 0.15) is 12.3 Å². The van der Waals surface area contributed by atoms with E-state index >= 15 is 0 Å². The number of hydrazine groups is 1. The molecular weight excluding hydrogens is 607 g/mol. The van der Waals surface area contributed by atoms with Gasteiger partial charge in [-0.05, 0) is 78.8 Å². The van der Waals surface area contributed by atoms with Gasteiger partial charge in [-0.25, -0.2) is 14.2 Å². The Bertz CT molecular complexity index is 1170. The lowest BCUT2D eigenvalue weighted by Crippen LogP contribution is -2.54. The number of anilines is 1. The van der Waals surface area contributed by atoms with Crippen LogP contribution in [-0.2, 0) is 24.1 Å². The van der Waals surface area contributed by atoms with Crippen LogP contribution in [0, 0.1) is 3.57 Å². The Hall–Kier alpha value is -2.45. The van der Waals surface area contributed by atoms with Gasteiger partial charge in [-0.2, -0.15) is 13.2 Å². The van der Waals surface area contributed by atoms with Gasteiger partial charge in [-0.15, -0.1) is 0 Å². The summed E-state index contributed by atoms with van der Waals surface area (Å²) in [6.45, 7) is 5.02. The quantitative estimate of drug-likeness (QED) is 0.320. The summed E-state index contributed by atoms with van der Waals surface area (Å²) in [4.78, 5) is 26.4. The molecule has 37 heavy (non-hydrogen) atoms. The fourth-order valence-electron chi connectivity index (χ4n) is 3.70. The van der Waals surface area contributed by atoms with Crippen LogP contribution in [0.2, 0.25) is 0 Å². The molecule has 0 radical (unpaired) electrons. The number of nitrogens with zero attached hydrogens (tertiary/aromatic N) is 2. The summed E-state index contributed by atoms with van der Waals surface area (Å²) in [7, 11) is 0. The molecule has 1 saturated heterocycles. The molecule has 2 N–H and O–H groups in total. The Labute approximate surface area is 228 Å². The third-order valence-electron chi connectivity index (χ3n) is 5.47. The summed E-state index contributed by atoms with van der Waals surface area (Å²) in [6, 6.07) is 7.65. The van der Waals surface area contributed by atoms with Crippen molar-refractivity contribution < 1.29 is 33.3 Å². The maximum absolute atomic E-state index is 13.9. The highest BCUT2D eigenvalue weighted by molar-refractivity contribution is 14.1. The Kier molecular flexibility index (Phi) is 8.90. The molecule has 202 valence electrons. The van der Waals surface area contributed by atoms with Crippen molar-refractivity contribution in [3.05, 3.63) is 62.2 Å². The number of carbonyl (C=O) groups is 2. The number of alkyl halides is 4. The van der Waals surface area contributed by atoms with Crippen molar-refractivity contribution in [3.63, 3.8) is 0 Å². The fourth-order valence-corrected chi connectivity index (χ4v) is 4.34. The minimum atomic E-state index is -4.64. The molecule has 1 aliphatic heterocycles. The van der Waals surface area contributed by atoms with Crippen LogP contribution in [0.15, 0.2) is 36.4 Å². The zero-order valence-electron chi connectivity index (χ0n) is 21.6. The topological polar surface area (TPSA) is 73.9 Å². The van der Waals surface area contributed by atoms with E-state index in [-0.39, 0.29) is 28.9 Å². The number of rotatable bonds is 6. The first-order valence-electron chi connectivity index (χ1n) is 12.0. The van der Waals surface area contributed by atoms with Crippen molar-refractivity contribution in [1.29, 1.82) is 0 Å². The summed E-state index contributed by atoms with van der Waals surface area (Å²) in [5, 5.41) is 4.13. The Morgan fingerprint density at radius 2 is 1.70 bits per heavy atom. The molecule has 1 atom stereocenters. The predicted octanol–water partition coefficient (Wildman–Crippen LogP) is 5.59. The number of piperazine rings is 1. The lowest BCUT2D eigenvalue weighted by Gasteiger charge is -2.35. The molecule has 2 aromatic carbocycles. The molecule has 12 heteroatoms. The number of hydrogen-bond acceptors (Lipinski definition) is 5. The van der Waals surface area contributed by atoms with Crippen LogP contribution in [0.4, 0.5) is 28.0 Å². The summed E-state index contributed by atoms with van der Waals surface area (Å²) in [5.41, 5.74) is 1.42. The first kappa shape index (κ1) is 27.6. The number of hydrogen-bond donors (Lipinski definition) is 2. The first-order chi connectivity index (χ1) is 17.6. The molecule has 2 aromatic rings. The van der Waals surface area contributed by atoms with Crippen LogP contribution in [0.5, 0.6) is 0 Å². The summed E-state index contributed by atoms with van der Waals surface area (Å²) in [6.07, 6.45) is -5.23. The van der Waals surface area contributed by atoms with Crippen LogP contribution in [0.25, 0.3) is 0 Å². The lowest BCUT2D eigenvalue weighted by atomic mass is 10.0. The van der Waals surface area contributed by atoms with Crippen molar-refractivity contribution in [1.82, 2.24) is 15.3 Å². The number of carbonyl (C=O) groups excluding carboxylic acids is 2. The normalized spacial score (nSPS) is 16.6. The molecule has 0 bridgehead atoms. The molecule has 2 amide bonds. The van der Waals surface area contributed by atoms with Gasteiger partial charge in [0.25, 0.3) is 5.91 Å². The van der Waals surface area contributed by atoms with Gasteiger partial charge < -0.3 is 10.1 Å². The van der Waals surface area contributed by atoms with Crippen molar-refractivity contribution in [3.8, 4) is 0 Å². The standard InChI is InChI=1S/C25H29F4IN4O3/c1-24(2,3)37-23(36)32-34-10-8-33(9-11-34)15-18-6-7-19(13-20(18)25(27,28)29)31-22(35)16-4-5-17(14-26)21(30)12-16/h4-7,12-13H,8-11,14-15H2,1-3H3,(H,31,35)(H,32,36)/i14D. The van der Waals surface area contributed by atoms with Gasteiger partial charge in [0.15, 0.2) is 0 Å². The molecule has 1 aliphatic rings. The average Bonchev–Trinajstić information content (AvgIpc) is 2.79. The Balaban J connectivity index is 1.65. The number of halogens is 5. The van der Waals surface area contributed by atoms with E-state index in [1.165, 1.54) is 30.3 Å². The van der Waals surface area contributed by atoms with Crippen molar-refractivity contribution in [2.45, 2.75) is 45.7 Å². The Morgan fingerprint density at radius 1 is 1.05 bits per heavy atom. The van der Waals surface area contributed by atoms with Crippen LogP contribution in [0.1, 0.15) is 49.2 Å². The van der Waals surface area contributed by atoms with E-state index in [1.807, 2.05) is 4.90 Å². The molecule has 1 heterocycles. The second-order valence-electron chi connectivity index (χ2n) is 9.55. The van der Waals surface area contributed by atoms with Crippen molar-refractivity contribution in [2.75, 3.05) is 31.5 Å². The zero-order valence-corrected chi connectivity index (χ0v) is 22.7. The lowest BCUT2D eigenvalue weighted by molar-refractivity contribution is -0.138. The molecule has 0 aliphatic carbocycles. The maximum atomic E-state index is 13.9. The van der Waals surface area contributed by atoms with E-state index in [0.29, 0.717) is 29.7 Å². The molecule has 7 nitrogen and oxygen atoms in total. The van der Waals surface area contributed by atoms with Gasteiger partial charge in [-0.3, -0.25) is 15.1 Å². The second kappa shape index (κ2) is 11.9. The molecule has 0 spiro atoms. The summed E-state index contributed by atoms with van der Waals surface area (Å²) in [5.74, 6) is -0.649. The molecule has 0 aromatic heterocycles. The fraction of sp³-hybridized carbons (Fsp3) is 0.440. The second-order valence-corrected chi connectivity index (χ2v) is 10.7. The number of benzene rings is 2. The van der Waals surface area contributed by atoms with Gasteiger partial charge in [0.2, 0.25) is 0 Å². The first-order valence-corrected chi connectivity index (χ1v) is 12.5. The zero-order chi connectivity index (χ0) is 28.3. The largest absolute Gasteiger partial charge is 0.443 e. The predicted molar refractivity (Wildman–Crippen MR) is 140 cm³/mol. The highest BCUT2D eigenvalue weighted by Crippen LogP contribution is 2.35. The van der Waals surface area contributed by atoms with E-state index in [4.69, 9.17) is 6.11 Å². The van der Waals surface area contributed by atoms with E-state index in [9.17, 15) is 27.2 Å². The van der Waals surface area contributed by atoms with Gasteiger partial charge in [0.05, 0.1) is 6.93 Å². The van der Waals surface area contributed by atoms with Gasteiger partial charge in [-0.1, -0.05) is 12.1 Å². The van der Waals surface area contributed by atoms with Gasteiger partial charge in [0, 0.05) is 47.5 Å². The van der Waals surface area contributed by atoms with Crippen molar-refractivity contribution in [2.24, 2.45) is 0 Å². The van der Waals surface area contributed by atoms with E-state index in [1.54, 1.807) is 48.4 Å². The smallest absolute Gasteiger partial charge is 0.422 e. The highest BCUT2D eigenvalue weighted by atomic mass is 127. The highest BCUT2D eigenvalue weighted by Gasteiger charge is 2.34. The number of amides is 2. The van der Waals surface area contributed by atoms with Crippen LogP contribution < -0.4 is 10.7 Å². The van der Waals surface area contributed by atoms with E-state index < -0.39 is 36.0 Å². The monoisotopic (exact) mass is 637 g/mol. The van der Waals surface area contributed by atoms with Crippen LogP contribution in [-0.4, -0.2) is 53.7 Å². The summed E-state index contributed by atoms with van der Waals surface area (Å²) >= 11 is 1.80.